The number of aryl methyl sites for hydroxylation is 1. The van der Waals surface area contributed by atoms with Gasteiger partial charge in [-0.1, -0.05) is 6.07 Å². The molecule has 13 heavy (non-hydrogen) atoms. The zero-order valence-corrected chi connectivity index (χ0v) is 7.73. The van der Waals surface area contributed by atoms with Crippen LogP contribution in [0.3, 0.4) is 0 Å². The van der Waals surface area contributed by atoms with Gasteiger partial charge >= 0.3 is 0 Å². The largest absolute Gasteiger partial charge is 0.397 e. The third-order valence-corrected chi connectivity index (χ3v) is 2.63. The summed E-state index contributed by atoms with van der Waals surface area (Å²) in [5.41, 5.74) is 5.71. The van der Waals surface area contributed by atoms with Gasteiger partial charge in [-0.25, -0.2) is 17.9 Å². The lowest BCUT2D eigenvalue weighted by atomic mass is 10.2. The Hall–Kier alpha value is -1.14. The average Bonchev–Trinajstić information content (AvgIpc) is 1.95. The van der Waals surface area contributed by atoms with E-state index in [4.69, 9.17) is 10.9 Å². The Balaban J connectivity index is 3.62. The fourth-order valence-electron chi connectivity index (χ4n) is 0.961. The molecule has 4 N–H and O–H groups in total. The van der Waals surface area contributed by atoms with Gasteiger partial charge in [-0.3, -0.25) is 0 Å². The van der Waals surface area contributed by atoms with Gasteiger partial charge in [-0.05, 0) is 18.6 Å². The number of hydrogen-bond acceptors (Lipinski definition) is 3. The minimum absolute atomic E-state index is 0.137. The highest BCUT2D eigenvalue weighted by molar-refractivity contribution is 7.89. The molecule has 0 bridgehead atoms. The highest BCUT2D eigenvalue weighted by Crippen LogP contribution is 2.23. The number of nitrogen functional groups attached to an aromatic ring is 1. The van der Waals surface area contributed by atoms with E-state index >= 15 is 0 Å². The third-order valence-electron chi connectivity index (χ3n) is 1.65. The molecule has 1 aromatic carbocycles. The van der Waals surface area contributed by atoms with E-state index in [0.717, 1.165) is 6.07 Å². The maximum absolute atomic E-state index is 13.0. The molecule has 0 atom stereocenters. The van der Waals surface area contributed by atoms with Gasteiger partial charge in [0.2, 0.25) is 10.0 Å². The lowest BCUT2D eigenvalue weighted by Crippen LogP contribution is -2.16. The van der Waals surface area contributed by atoms with Gasteiger partial charge in [0.25, 0.3) is 0 Å². The van der Waals surface area contributed by atoms with Crippen LogP contribution >= 0.6 is 0 Å². The Kier molecular flexibility index (Phi) is 2.27. The molecule has 0 saturated heterocycles. The number of benzene rings is 1. The maximum atomic E-state index is 13.0. The maximum Gasteiger partial charge on any atom is 0.243 e. The molecule has 4 nitrogen and oxygen atoms in total. The summed E-state index contributed by atoms with van der Waals surface area (Å²) >= 11 is 0. The summed E-state index contributed by atoms with van der Waals surface area (Å²) in [6.07, 6.45) is 0. The quantitative estimate of drug-likeness (QED) is 0.648. The zero-order chi connectivity index (χ0) is 10.2. The van der Waals surface area contributed by atoms with Gasteiger partial charge in [0, 0.05) is 0 Å². The molecule has 0 radical (unpaired) electrons. The Bertz CT molecular complexity index is 442. The second kappa shape index (κ2) is 2.97. The number of nitrogens with two attached hydrogens (primary N) is 2. The highest BCUT2D eigenvalue weighted by Gasteiger charge is 2.18. The number of anilines is 1. The molecule has 0 aliphatic rings. The summed E-state index contributed by atoms with van der Waals surface area (Å²) in [6, 6.07) is 2.41. The zero-order valence-electron chi connectivity index (χ0n) is 6.91. The minimum Gasteiger partial charge on any atom is -0.397 e. The predicted octanol–water partition coefficient (Wildman–Crippen LogP) is 0.364. The van der Waals surface area contributed by atoms with E-state index in [0.29, 0.717) is 5.56 Å². The molecule has 1 rings (SSSR count). The fourth-order valence-corrected chi connectivity index (χ4v) is 1.77. The number of sulfonamides is 1. The smallest absolute Gasteiger partial charge is 0.243 e. The third kappa shape index (κ3) is 1.78. The van der Waals surface area contributed by atoms with Crippen LogP contribution in [0.1, 0.15) is 5.56 Å². The van der Waals surface area contributed by atoms with E-state index in [1.165, 1.54) is 6.07 Å². The summed E-state index contributed by atoms with van der Waals surface area (Å²) in [6.45, 7) is 1.57. The van der Waals surface area contributed by atoms with E-state index in [1.54, 1.807) is 6.92 Å². The molecule has 0 saturated carbocycles. The molecule has 0 aliphatic heterocycles. The van der Waals surface area contributed by atoms with Gasteiger partial charge < -0.3 is 5.73 Å². The van der Waals surface area contributed by atoms with Gasteiger partial charge in [-0.2, -0.15) is 0 Å². The van der Waals surface area contributed by atoms with Crippen LogP contribution in [0, 0.1) is 12.7 Å². The van der Waals surface area contributed by atoms with Crippen LogP contribution in [0.15, 0.2) is 17.0 Å². The molecule has 0 amide bonds. The van der Waals surface area contributed by atoms with Gasteiger partial charge in [-0.15, -0.1) is 0 Å². The van der Waals surface area contributed by atoms with Crippen molar-refractivity contribution in [2.75, 3.05) is 5.73 Å². The standard InChI is InChI=1S/C7H9FN2O2S/c1-4-2-3-5(8)7(6(4)9)13(10,11)12/h2-3H,9H2,1H3,(H2,10,11,12). The molecule has 1 aromatic rings. The molecule has 0 spiro atoms. The molecular weight excluding hydrogens is 195 g/mol. The van der Waals surface area contributed by atoms with Crippen molar-refractivity contribution in [3.63, 3.8) is 0 Å². The minimum atomic E-state index is -4.09. The second-order valence-electron chi connectivity index (χ2n) is 2.65. The Morgan fingerprint density at radius 2 is 1.92 bits per heavy atom. The molecule has 0 aromatic heterocycles. The van der Waals surface area contributed by atoms with Crippen molar-refractivity contribution in [2.24, 2.45) is 5.14 Å². The Labute approximate surface area is 75.4 Å². The van der Waals surface area contributed by atoms with Gasteiger partial charge in [0.05, 0.1) is 5.69 Å². The molecule has 0 heterocycles. The monoisotopic (exact) mass is 204 g/mol. The summed E-state index contributed by atoms with van der Waals surface area (Å²) in [7, 11) is -4.09. The van der Waals surface area contributed by atoms with Crippen molar-refractivity contribution < 1.29 is 12.8 Å². The predicted molar refractivity (Wildman–Crippen MR) is 46.9 cm³/mol. The first-order valence-electron chi connectivity index (χ1n) is 3.41. The van der Waals surface area contributed by atoms with Crippen LogP contribution < -0.4 is 10.9 Å². The van der Waals surface area contributed by atoms with Crippen LogP contribution in [0.25, 0.3) is 0 Å². The van der Waals surface area contributed by atoms with Crippen molar-refractivity contribution in [2.45, 2.75) is 11.8 Å². The van der Waals surface area contributed by atoms with Crippen LogP contribution in [-0.4, -0.2) is 8.42 Å². The van der Waals surface area contributed by atoms with Crippen LogP contribution in [0.4, 0.5) is 10.1 Å². The van der Waals surface area contributed by atoms with E-state index < -0.39 is 20.7 Å². The van der Waals surface area contributed by atoms with E-state index in [2.05, 4.69) is 0 Å². The fraction of sp³-hybridized carbons (Fsp3) is 0.143. The molecule has 0 fully saturated rings. The first-order valence-corrected chi connectivity index (χ1v) is 4.96. The SMILES string of the molecule is Cc1ccc(F)c(S(N)(=O)=O)c1N. The van der Waals surface area contributed by atoms with Crippen molar-refractivity contribution in [3.8, 4) is 0 Å². The number of halogens is 1. The molecule has 0 aliphatic carbocycles. The van der Waals surface area contributed by atoms with Crippen LogP contribution in [0.2, 0.25) is 0 Å². The van der Waals surface area contributed by atoms with Gasteiger partial charge in [0.15, 0.2) is 0 Å². The van der Waals surface area contributed by atoms with Crippen LogP contribution in [-0.2, 0) is 10.0 Å². The first-order chi connectivity index (χ1) is 5.84. The molecule has 72 valence electrons. The number of hydrogen-bond donors (Lipinski definition) is 2. The average molecular weight is 204 g/mol. The second-order valence-corrected chi connectivity index (χ2v) is 4.15. The van der Waals surface area contributed by atoms with Crippen molar-refractivity contribution >= 4 is 15.7 Å². The van der Waals surface area contributed by atoms with E-state index in [9.17, 15) is 12.8 Å². The molecule has 6 heteroatoms. The van der Waals surface area contributed by atoms with Gasteiger partial charge in [0.1, 0.15) is 10.7 Å². The summed E-state index contributed by atoms with van der Waals surface area (Å²) in [5.74, 6) is -0.925. The highest BCUT2D eigenvalue weighted by atomic mass is 32.2. The van der Waals surface area contributed by atoms with Crippen molar-refractivity contribution in [1.82, 2.24) is 0 Å². The molecule has 0 unspecified atom stereocenters. The molecular formula is C7H9FN2O2S. The van der Waals surface area contributed by atoms with Crippen LogP contribution in [0.5, 0.6) is 0 Å². The van der Waals surface area contributed by atoms with Crippen molar-refractivity contribution in [3.05, 3.63) is 23.5 Å². The Morgan fingerprint density at radius 1 is 1.38 bits per heavy atom. The summed E-state index contributed by atoms with van der Waals surface area (Å²) < 4.78 is 34.8. The topological polar surface area (TPSA) is 86.2 Å². The van der Waals surface area contributed by atoms with Crippen molar-refractivity contribution in [1.29, 1.82) is 0 Å². The summed E-state index contributed by atoms with van der Waals surface area (Å²) in [5, 5.41) is 4.78. The first kappa shape index (κ1) is 9.94. The van der Waals surface area contributed by atoms with E-state index in [-0.39, 0.29) is 5.69 Å². The Morgan fingerprint density at radius 3 is 2.31 bits per heavy atom. The normalized spacial score (nSPS) is 11.6. The summed E-state index contributed by atoms with van der Waals surface area (Å²) in [4.78, 5) is -0.632. The lowest BCUT2D eigenvalue weighted by molar-refractivity contribution is 0.569. The number of primary sulfonamides is 1. The van der Waals surface area contributed by atoms with E-state index in [1.807, 2.05) is 0 Å². The number of rotatable bonds is 1. The lowest BCUT2D eigenvalue weighted by Gasteiger charge is -2.06.